The molecule has 0 N–H and O–H groups in total. The Hall–Kier alpha value is -1.16. The lowest BCUT2D eigenvalue weighted by Gasteiger charge is -2.44. The van der Waals surface area contributed by atoms with Crippen LogP contribution in [0.3, 0.4) is 0 Å². The molecule has 0 amide bonds. The van der Waals surface area contributed by atoms with Gasteiger partial charge in [-0.1, -0.05) is 6.92 Å². The normalized spacial score (nSPS) is 25.9. The van der Waals surface area contributed by atoms with Gasteiger partial charge in [-0.15, -0.1) is 0 Å². The number of piperidine rings is 1. The van der Waals surface area contributed by atoms with Crippen molar-refractivity contribution in [2.45, 2.75) is 45.1 Å². The van der Waals surface area contributed by atoms with Crippen molar-refractivity contribution in [3.63, 3.8) is 0 Å². The Kier molecular flexibility index (Phi) is 3.92. The van der Waals surface area contributed by atoms with Gasteiger partial charge in [0.05, 0.1) is 0 Å². The summed E-state index contributed by atoms with van der Waals surface area (Å²) >= 11 is 0. The van der Waals surface area contributed by atoms with Crippen LogP contribution in [-0.2, 0) is 12.8 Å². The molecule has 1 aromatic rings. The van der Waals surface area contributed by atoms with Gasteiger partial charge in [-0.05, 0) is 56.7 Å². The second kappa shape index (κ2) is 5.68. The molecule has 3 rings (SSSR count). The molecule has 110 valence electrons. The molecule has 20 heavy (non-hydrogen) atoms. The molecule has 1 aliphatic carbocycles. The summed E-state index contributed by atoms with van der Waals surface area (Å²) < 4.78 is 0. The van der Waals surface area contributed by atoms with Crippen LogP contribution < -0.4 is 4.90 Å². The van der Waals surface area contributed by atoms with E-state index in [9.17, 15) is 0 Å². The summed E-state index contributed by atoms with van der Waals surface area (Å²) in [6.45, 7) is 4.81. The van der Waals surface area contributed by atoms with Crippen LogP contribution in [0.5, 0.6) is 0 Å². The molecule has 1 saturated heterocycles. The van der Waals surface area contributed by atoms with Crippen molar-refractivity contribution < 1.29 is 0 Å². The molecule has 1 fully saturated rings. The van der Waals surface area contributed by atoms with Crippen molar-refractivity contribution in [3.05, 3.63) is 17.5 Å². The minimum Gasteiger partial charge on any atom is -0.347 e. The Labute approximate surface area is 122 Å². The first-order valence-electron chi connectivity index (χ1n) is 7.95. The molecule has 0 bridgehead atoms. The minimum atomic E-state index is 0.727. The molecule has 0 spiro atoms. The lowest BCUT2D eigenvalue weighted by Crippen LogP contribution is -2.49. The van der Waals surface area contributed by atoms with E-state index >= 15 is 0 Å². The summed E-state index contributed by atoms with van der Waals surface area (Å²) in [5, 5.41) is 0. The van der Waals surface area contributed by atoms with Crippen LogP contribution >= 0.6 is 0 Å². The maximum absolute atomic E-state index is 4.77. The summed E-state index contributed by atoms with van der Waals surface area (Å²) in [5.41, 5.74) is 2.67. The van der Waals surface area contributed by atoms with Crippen LogP contribution in [0.1, 0.15) is 37.4 Å². The van der Waals surface area contributed by atoms with E-state index in [0.717, 1.165) is 30.7 Å². The van der Waals surface area contributed by atoms with E-state index < -0.39 is 0 Å². The largest absolute Gasteiger partial charge is 0.347 e. The third-order valence-electron chi connectivity index (χ3n) is 4.77. The monoisotopic (exact) mass is 274 g/mol. The van der Waals surface area contributed by atoms with Crippen molar-refractivity contribution in [1.82, 2.24) is 14.9 Å². The fourth-order valence-electron chi connectivity index (χ4n) is 3.78. The summed E-state index contributed by atoms with van der Waals surface area (Å²) in [6, 6.07) is 0.727. The van der Waals surface area contributed by atoms with Crippen molar-refractivity contribution in [2.75, 3.05) is 32.1 Å². The lowest BCUT2D eigenvalue weighted by molar-refractivity contribution is 0.0845. The average molecular weight is 274 g/mol. The van der Waals surface area contributed by atoms with E-state index in [2.05, 4.69) is 23.0 Å². The Balaban J connectivity index is 1.84. The van der Waals surface area contributed by atoms with Gasteiger partial charge in [0.15, 0.2) is 0 Å². The van der Waals surface area contributed by atoms with Gasteiger partial charge in [-0.2, -0.15) is 0 Å². The van der Waals surface area contributed by atoms with Gasteiger partial charge < -0.3 is 4.90 Å². The fourth-order valence-corrected chi connectivity index (χ4v) is 3.78. The van der Waals surface area contributed by atoms with Gasteiger partial charge >= 0.3 is 0 Å². The molecule has 4 heteroatoms. The number of hydrogen-bond donors (Lipinski definition) is 0. The molecule has 2 heterocycles. The summed E-state index contributed by atoms with van der Waals surface area (Å²) in [5.74, 6) is 1.65. The molecular weight excluding hydrogens is 248 g/mol. The summed E-state index contributed by atoms with van der Waals surface area (Å²) in [6.07, 6.45) is 8.32. The van der Waals surface area contributed by atoms with Crippen molar-refractivity contribution in [1.29, 1.82) is 0 Å². The van der Waals surface area contributed by atoms with Crippen LogP contribution in [0.2, 0.25) is 0 Å². The van der Waals surface area contributed by atoms with Crippen molar-refractivity contribution in [3.8, 4) is 0 Å². The highest BCUT2D eigenvalue weighted by molar-refractivity contribution is 5.33. The highest BCUT2D eigenvalue weighted by Gasteiger charge is 2.35. The van der Waals surface area contributed by atoms with Crippen molar-refractivity contribution in [2.24, 2.45) is 5.92 Å². The first-order valence-corrected chi connectivity index (χ1v) is 7.95. The number of anilines is 1. The maximum atomic E-state index is 4.77. The second-order valence-corrected chi connectivity index (χ2v) is 6.45. The Bertz CT molecular complexity index is 470. The fraction of sp³-hybridized carbons (Fsp3) is 0.750. The van der Waals surface area contributed by atoms with Gasteiger partial charge in [0.1, 0.15) is 0 Å². The van der Waals surface area contributed by atoms with Crippen LogP contribution in [-0.4, -0.2) is 48.1 Å². The number of aromatic nitrogens is 2. The number of fused-ring (bicyclic) bond motifs is 2. The Morgan fingerprint density at radius 2 is 2.20 bits per heavy atom. The smallest absolute Gasteiger partial charge is 0.224 e. The standard InChI is InChI=1S/C16H26N4/c1-4-7-20-8-5-6-12-9-14-13(10-15(12)20)11-17-16(18-14)19(2)3/h11-12,15H,4-10H2,1-3H3/t12-,15-/m0/s1. The second-order valence-electron chi connectivity index (χ2n) is 6.45. The molecule has 2 aliphatic rings. The van der Waals surface area contributed by atoms with E-state index in [0.29, 0.717) is 0 Å². The van der Waals surface area contributed by atoms with E-state index in [4.69, 9.17) is 4.98 Å². The highest BCUT2D eigenvalue weighted by atomic mass is 15.2. The Morgan fingerprint density at radius 3 is 2.95 bits per heavy atom. The average Bonchev–Trinajstić information content (AvgIpc) is 2.45. The van der Waals surface area contributed by atoms with Gasteiger partial charge in [0.2, 0.25) is 5.95 Å². The molecule has 1 aliphatic heterocycles. The first kappa shape index (κ1) is 13.8. The molecule has 0 saturated carbocycles. The number of likely N-dealkylation sites (tertiary alicyclic amines) is 1. The molecular formula is C16H26N4. The SMILES string of the molecule is CCCN1CCC[C@H]2Cc3nc(N(C)C)ncc3C[C@@H]21. The zero-order chi connectivity index (χ0) is 14.1. The van der Waals surface area contributed by atoms with E-state index in [1.807, 2.05) is 19.0 Å². The third-order valence-corrected chi connectivity index (χ3v) is 4.77. The third kappa shape index (κ3) is 2.53. The predicted molar refractivity (Wildman–Crippen MR) is 82.1 cm³/mol. The lowest BCUT2D eigenvalue weighted by atomic mass is 9.77. The number of hydrogen-bond acceptors (Lipinski definition) is 4. The van der Waals surface area contributed by atoms with Crippen LogP contribution in [0.4, 0.5) is 5.95 Å². The van der Waals surface area contributed by atoms with Gasteiger partial charge in [-0.3, -0.25) is 4.90 Å². The molecule has 0 aromatic carbocycles. The Morgan fingerprint density at radius 1 is 1.35 bits per heavy atom. The van der Waals surface area contributed by atoms with Gasteiger partial charge in [0, 0.05) is 32.0 Å². The highest BCUT2D eigenvalue weighted by Crippen LogP contribution is 2.34. The summed E-state index contributed by atoms with van der Waals surface area (Å²) in [4.78, 5) is 14.0. The first-order chi connectivity index (χ1) is 9.69. The number of rotatable bonds is 3. The zero-order valence-electron chi connectivity index (χ0n) is 13.0. The van der Waals surface area contributed by atoms with Gasteiger partial charge in [-0.25, -0.2) is 9.97 Å². The molecule has 4 nitrogen and oxygen atoms in total. The summed E-state index contributed by atoms with van der Waals surface area (Å²) in [7, 11) is 4.02. The van der Waals surface area contributed by atoms with E-state index in [-0.39, 0.29) is 0 Å². The maximum Gasteiger partial charge on any atom is 0.224 e. The quantitative estimate of drug-likeness (QED) is 0.845. The van der Waals surface area contributed by atoms with Crippen LogP contribution in [0, 0.1) is 5.92 Å². The predicted octanol–water partition coefficient (Wildman–Crippen LogP) is 2.13. The van der Waals surface area contributed by atoms with Crippen LogP contribution in [0.15, 0.2) is 6.20 Å². The minimum absolute atomic E-state index is 0.727. The molecule has 0 unspecified atom stereocenters. The topological polar surface area (TPSA) is 32.3 Å². The van der Waals surface area contributed by atoms with E-state index in [1.54, 1.807) is 0 Å². The van der Waals surface area contributed by atoms with Crippen molar-refractivity contribution >= 4 is 5.95 Å². The molecule has 1 aromatic heterocycles. The van der Waals surface area contributed by atoms with E-state index in [1.165, 1.54) is 43.6 Å². The number of nitrogens with zero attached hydrogens (tertiary/aromatic N) is 4. The molecule has 0 radical (unpaired) electrons. The van der Waals surface area contributed by atoms with Gasteiger partial charge in [0.25, 0.3) is 0 Å². The molecule has 2 atom stereocenters. The van der Waals surface area contributed by atoms with Crippen LogP contribution in [0.25, 0.3) is 0 Å². The zero-order valence-corrected chi connectivity index (χ0v) is 13.0.